The molecular formula is C12H10BrCl2N3O. The Hall–Kier alpha value is -1.04. The molecule has 0 aliphatic heterocycles. The zero-order valence-corrected chi connectivity index (χ0v) is 13.0. The van der Waals surface area contributed by atoms with Gasteiger partial charge in [0, 0.05) is 11.2 Å². The van der Waals surface area contributed by atoms with Crippen molar-refractivity contribution in [2.45, 2.75) is 13.0 Å². The second kappa shape index (κ2) is 5.94. The van der Waals surface area contributed by atoms with Crippen LogP contribution in [0.1, 0.15) is 13.0 Å². The second-order valence-corrected chi connectivity index (χ2v) is 5.69. The van der Waals surface area contributed by atoms with Crippen molar-refractivity contribution in [1.82, 2.24) is 9.78 Å². The first-order valence-corrected chi connectivity index (χ1v) is 6.98. The minimum atomic E-state index is -0.446. The SMILES string of the molecule is CC(C(=O)Nc1ccc(Cl)cc1Cl)n1cc(Br)cn1. The Bertz CT molecular complexity index is 615. The number of aromatic nitrogens is 2. The van der Waals surface area contributed by atoms with E-state index in [1.807, 2.05) is 0 Å². The third-order valence-corrected chi connectivity index (χ3v) is 3.49. The van der Waals surface area contributed by atoms with Gasteiger partial charge in [0.15, 0.2) is 0 Å². The van der Waals surface area contributed by atoms with Crippen LogP contribution in [0.2, 0.25) is 10.0 Å². The van der Waals surface area contributed by atoms with Gasteiger partial charge in [-0.2, -0.15) is 5.10 Å². The number of halogens is 3. The summed E-state index contributed by atoms with van der Waals surface area (Å²) in [5, 5.41) is 7.73. The summed E-state index contributed by atoms with van der Waals surface area (Å²) in [6.45, 7) is 1.75. The number of nitrogens with one attached hydrogen (secondary N) is 1. The molecule has 100 valence electrons. The van der Waals surface area contributed by atoms with Crippen molar-refractivity contribution >= 4 is 50.7 Å². The largest absolute Gasteiger partial charge is 0.323 e. The first-order valence-electron chi connectivity index (χ1n) is 5.43. The lowest BCUT2D eigenvalue weighted by atomic mass is 10.2. The number of anilines is 1. The molecule has 2 aromatic rings. The summed E-state index contributed by atoms with van der Waals surface area (Å²) in [4.78, 5) is 12.1. The molecule has 0 radical (unpaired) electrons. The van der Waals surface area contributed by atoms with Gasteiger partial charge in [0.2, 0.25) is 5.91 Å². The number of benzene rings is 1. The summed E-state index contributed by atoms with van der Waals surface area (Å²) < 4.78 is 2.38. The van der Waals surface area contributed by atoms with Crippen molar-refractivity contribution in [2.75, 3.05) is 5.32 Å². The fourth-order valence-corrected chi connectivity index (χ4v) is 2.23. The molecule has 1 aromatic heterocycles. The van der Waals surface area contributed by atoms with Gasteiger partial charge in [-0.3, -0.25) is 9.48 Å². The molecule has 1 aromatic carbocycles. The fraction of sp³-hybridized carbons (Fsp3) is 0.167. The first kappa shape index (κ1) is 14.4. The molecule has 0 bridgehead atoms. The number of rotatable bonds is 3. The molecule has 2 rings (SSSR count). The highest BCUT2D eigenvalue weighted by Gasteiger charge is 2.17. The van der Waals surface area contributed by atoms with Crippen molar-refractivity contribution in [3.8, 4) is 0 Å². The Kier molecular flexibility index (Phi) is 4.50. The van der Waals surface area contributed by atoms with Crippen LogP contribution in [-0.4, -0.2) is 15.7 Å². The van der Waals surface area contributed by atoms with E-state index < -0.39 is 6.04 Å². The van der Waals surface area contributed by atoms with Gasteiger partial charge in [0.1, 0.15) is 6.04 Å². The summed E-state index contributed by atoms with van der Waals surface area (Å²) >= 11 is 15.1. The smallest absolute Gasteiger partial charge is 0.248 e. The van der Waals surface area contributed by atoms with Crippen molar-refractivity contribution < 1.29 is 4.79 Å². The van der Waals surface area contributed by atoms with Crippen LogP contribution in [0, 0.1) is 0 Å². The topological polar surface area (TPSA) is 46.9 Å². The van der Waals surface area contributed by atoms with Crippen molar-refractivity contribution in [1.29, 1.82) is 0 Å². The molecule has 1 heterocycles. The highest BCUT2D eigenvalue weighted by atomic mass is 79.9. The van der Waals surface area contributed by atoms with E-state index in [0.717, 1.165) is 4.47 Å². The van der Waals surface area contributed by atoms with Gasteiger partial charge in [0.05, 0.1) is 21.4 Å². The predicted octanol–water partition coefficient (Wildman–Crippen LogP) is 4.15. The summed E-state index contributed by atoms with van der Waals surface area (Å²) in [5.41, 5.74) is 0.522. The molecule has 0 spiro atoms. The minimum absolute atomic E-state index is 0.208. The zero-order valence-electron chi connectivity index (χ0n) is 9.90. The molecule has 0 aliphatic rings. The summed E-state index contributed by atoms with van der Waals surface area (Å²) in [6.07, 6.45) is 3.35. The van der Waals surface area contributed by atoms with E-state index in [-0.39, 0.29) is 5.91 Å². The average molecular weight is 363 g/mol. The third kappa shape index (κ3) is 3.49. The van der Waals surface area contributed by atoms with Crippen LogP contribution in [0.4, 0.5) is 5.69 Å². The molecule has 1 atom stereocenters. The lowest BCUT2D eigenvalue weighted by Gasteiger charge is -2.13. The van der Waals surface area contributed by atoms with Crippen LogP contribution in [-0.2, 0) is 4.79 Å². The first-order chi connectivity index (χ1) is 8.97. The molecule has 1 N–H and O–H groups in total. The molecular weight excluding hydrogens is 353 g/mol. The number of hydrogen-bond acceptors (Lipinski definition) is 2. The number of nitrogens with zero attached hydrogens (tertiary/aromatic N) is 2. The number of amides is 1. The van der Waals surface area contributed by atoms with Crippen molar-refractivity contribution in [3.05, 3.63) is 45.1 Å². The number of hydrogen-bond donors (Lipinski definition) is 1. The Labute approximate surface area is 128 Å². The van der Waals surface area contributed by atoms with E-state index in [9.17, 15) is 4.79 Å². The lowest BCUT2D eigenvalue weighted by Crippen LogP contribution is -2.24. The Morgan fingerprint density at radius 1 is 1.47 bits per heavy atom. The van der Waals surface area contributed by atoms with Crippen LogP contribution in [0.25, 0.3) is 0 Å². The van der Waals surface area contributed by atoms with Gasteiger partial charge in [-0.25, -0.2) is 0 Å². The van der Waals surface area contributed by atoms with Crippen molar-refractivity contribution in [3.63, 3.8) is 0 Å². The van der Waals surface area contributed by atoms with Crippen LogP contribution >= 0.6 is 39.1 Å². The minimum Gasteiger partial charge on any atom is -0.323 e. The van der Waals surface area contributed by atoms with E-state index in [1.165, 1.54) is 0 Å². The molecule has 19 heavy (non-hydrogen) atoms. The van der Waals surface area contributed by atoms with E-state index in [2.05, 4.69) is 26.3 Å². The average Bonchev–Trinajstić information content (AvgIpc) is 2.78. The summed E-state index contributed by atoms with van der Waals surface area (Å²) in [7, 11) is 0. The van der Waals surface area contributed by atoms with Crippen LogP contribution < -0.4 is 5.32 Å². The normalized spacial score (nSPS) is 12.2. The molecule has 0 aliphatic carbocycles. The van der Waals surface area contributed by atoms with Gasteiger partial charge in [-0.1, -0.05) is 23.2 Å². The molecule has 1 amide bonds. The standard InChI is InChI=1S/C12H10BrCl2N3O/c1-7(18-6-8(13)5-16-18)12(19)17-11-3-2-9(14)4-10(11)15/h2-7H,1H3,(H,17,19). The van der Waals surface area contributed by atoms with Gasteiger partial charge in [-0.15, -0.1) is 0 Å². The molecule has 7 heteroatoms. The van der Waals surface area contributed by atoms with Gasteiger partial charge in [0.25, 0.3) is 0 Å². The molecule has 4 nitrogen and oxygen atoms in total. The maximum absolute atomic E-state index is 12.1. The number of carbonyl (C=O) groups excluding carboxylic acids is 1. The Balaban J connectivity index is 2.12. The van der Waals surface area contributed by atoms with Gasteiger partial charge < -0.3 is 5.32 Å². The third-order valence-electron chi connectivity index (χ3n) is 2.54. The van der Waals surface area contributed by atoms with E-state index in [0.29, 0.717) is 15.7 Å². The highest BCUT2D eigenvalue weighted by molar-refractivity contribution is 9.10. The Morgan fingerprint density at radius 3 is 2.79 bits per heavy atom. The Morgan fingerprint density at radius 2 is 2.21 bits per heavy atom. The van der Waals surface area contributed by atoms with Crippen LogP contribution in [0.3, 0.4) is 0 Å². The lowest BCUT2D eigenvalue weighted by molar-refractivity contribution is -0.119. The van der Waals surface area contributed by atoms with E-state index in [4.69, 9.17) is 23.2 Å². The molecule has 0 saturated carbocycles. The maximum atomic E-state index is 12.1. The highest BCUT2D eigenvalue weighted by Crippen LogP contribution is 2.26. The predicted molar refractivity (Wildman–Crippen MR) is 79.7 cm³/mol. The van der Waals surface area contributed by atoms with Crippen molar-refractivity contribution in [2.24, 2.45) is 0 Å². The van der Waals surface area contributed by atoms with Crippen LogP contribution in [0.5, 0.6) is 0 Å². The fourth-order valence-electron chi connectivity index (χ4n) is 1.47. The van der Waals surface area contributed by atoms with E-state index in [1.54, 1.807) is 42.2 Å². The second-order valence-electron chi connectivity index (χ2n) is 3.93. The quantitative estimate of drug-likeness (QED) is 0.891. The molecule has 1 unspecified atom stereocenters. The summed E-state index contributed by atoms with van der Waals surface area (Å²) in [6, 6.07) is 4.46. The number of carbonyl (C=O) groups is 1. The van der Waals surface area contributed by atoms with Gasteiger partial charge in [-0.05, 0) is 41.1 Å². The molecule has 0 fully saturated rings. The van der Waals surface area contributed by atoms with Gasteiger partial charge >= 0.3 is 0 Å². The van der Waals surface area contributed by atoms with Crippen LogP contribution in [0.15, 0.2) is 35.1 Å². The molecule has 0 saturated heterocycles. The zero-order chi connectivity index (χ0) is 14.0. The maximum Gasteiger partial charge on any atom is 0.248 e. The monoisotopic (exact) mass is 361 g/mol. The summed E-state index contributed by atoms with van der Waals surface area (Å²) in [5.74, 6) is -0.208. The van der Waals surface area contributed by atoms with E-state index >= 15 is 0 Å².